The summed E-state index contributed by atoms with van der Waals surface area (Å²) in [4.78, 5) is 35.1. The Balaban J connectivity index is 1.55. The minimum Gasteiger partial charge on any atom is -0.477 e. The van der Waals surface area contributed by atoms with E-state index in [4.69, 9.17) is 9.26 Å². The second kappa shape index (κ2) is 7.47. The van der Waals surface area contributed by atoms with Crippen LogP contribution in [0, 0.1) is 12.8 Å². The SMILES string of the molecule is Cc1cc(C(C)N2Cc3c(ccnc3C(=O)OP)C2=O)cnc1OCC1CC1. The van der Waals surface area contributed by atoms with Gasteiger partial charge in [-0.15, -0.1) is 0 Å². The van der Waals surface area contributed by atoms with Crippen molar-refractivity contribution in [1.82, 2.24) is 14.9 Å². The summed E-state index contributed by atoms with van der Waals surface area (Å²) in [6.07, 6.45) is 5.67. The predicted octanol–water partition coefficient (Wildman–Crippen LogP) is 3.24. The third-order valence-corrected chi connectivity index (χ3v) is 5.54. The Hall–Kier alpha value is -2.53. The van der Waals surface area contributed by atoms with E-state index in [1.54, 1.807) is 17.2 Å². The standard InChI is InChI=1S/C20H22N3O4P/c1-11-7-14(8-22-18(11)26-10-13-3-4-13)12(2)23-9-16-15(19(23)24)5-6-21-17(16)20(25)27-28/h5-8,12-13H,3-4,9-10,28H2,1-2H3. The van der Waals surface area contributed by atoms with Gasteiger partial charge in [-0.1, -0.05) is 0 Å². The van der Waals surface area contributed by atoms with Gasteiger partial charge in [0.2, 0.25) is 5.88 Å². The number of ether oxygens (including phenoxy) is 1. The van der Waals surface area contributed by atoms with Crippen LogP contribution in [0.4, 0.5) is 0 Å². The van der Waals surface area contributed by atoms with Crippen LogP contribution in [0.5, 0.6) is 5.88 Å². The van der Waals surface area contributed by atoms with Gasteiger partial charge in [-0.2, -0.15) is 0 Å². The molecule has 0 N–H and O–H groups in total. The maximum atomic E-state index is 12.9. The largest absolute Gasteiger partial charge is 0.477 e. The van der Waals surface area contributed by atoms with Crippen LogP contribution in [-0.4, -0.2) is 33.4 Å². The fourth-order valence-electron chi connectivity index (χ4n) is 3.42. The number of aryl methyl sites for hydroxylation is 1. The summed E-state index contributed by atoms with van der Waals surface area (Å²) in [5.41, 5.74) is 3.12. The molecular formula is C20H22N3O4P. The molecule has 7 nitrogen and oxygen atoms in total. The van der Waals surface area contributed by atoms with Gasteiger partial charge in [0.25, 0.3) is 5.91 Å². The van der Waals surface area contributed by atoms with E-state index in [1.807, 2.05) is 29.4 Å². The molecule has 1 aliphatic carbocycles. The van der Waals surface area contributed by atoms with E-state index >= 15 is 0 Å². The van der Waals surface area contributed by atoms with E-state index < -0.39 is 5.97 Å². The highest BCUT2D eigenvalue weighted by Crippen LogP contribution is 2.34. The van der Waals surface area contributed by atoms with Crippen LogP contribution in [0.2, 0.25) is 0 Å². The topological polar surface area (TPSA) is 81.6 Å². The first kappa shape index (κ1) is 18.8. The highest BCUT2D eigenvalue weighted by molar-refractivity contribution is 7.10. The Labute approximate surface area is 165 Å². The maximum absolute atomic E-state index is 12.9. The minimum absolute atomic E-state index is 0.130. The van der Waals surface area contributed by atoms with Gasteiger partial charge >= 0.3 is 5.97 Å². The van der Waals surface area contributed by atoms with Crippen LogP contribution in [0.3, 0.4) is 0 Å². The average Bonchev–Trinajstić information content (AvgIpc) is 3.48. The van der Waals surface area contributed by atoms with E-state index in [2.05, 4.69) is 9.97 Å². The van der Waals surface area contributed by atoms with Crippen molar-refractivity contribution in [1.29, 1.82) is 0 Å². The van der Waals surface area contributed by atoms with Gasteiger partial charge in [0.15, 0.2) is 5.69 Å². The summed E-state index contributed by atoms with van der Waals surface area (Å²) in [6, 6.07) is 3.44. The van der Waals surface area contributed by atoms with Gasteiger partial charge < -0.3 is 14.2 Å². The number of carbonyl (C=O) groups is 2. The van der Waals surface area contributed by atoms with E-state index in [0.29, 0.717) is 36.1 Å². The molecule has 2 aromatic rings. The lowest BCUT2D eigenvalue weighted by Crippen LogP contribution is -2.27. The molecule has 0 radical (unpaired) electrons. The van der Waals surface area contributed by atoms with E-state index in [9.17, 15) is 9.59 Å². The summed E-state index contributed by atoms with van der Waals surface area (Å²) in [5.74, 6) is 0.610. The Morgan fingerprint density at radius 1 is 1.39 bits per heavy atom. The average molecular weight is 399 g/mol. The smallest absolute Gasteiger partial charge is 0.359 e. The van der Waals surface area contributed by atoms with Crippen molar-refractivity contribution in [2.45, 2.75) is 39.3 Å². The Morgan fingerprint density at radius 2 is 2.18 bits per heavy atom. The molecule has 1 saturated carbocycles. The highest BCUT2D eigenvalue weighted by Gasteiger charge is 2.35. The van der Waals surface area contributed by atoms with Crippen LogP contribution >= 0.6 is 9.47 Å². The first-order valence-electron chi connectivity index (χ1n) is 9.28. The summed E-state index contributed by atoms with van der Waals surface area (Å²) in [5, 5.41) is 0. The number of hydrogen-bond acceptors (Lipinski definition) is 6. The number of nitrogens with zero attached hydrogens (tertiary/aromatic N) is 3. The minimum atomic E-state index is -0.571. The van der Waals surface area contributed by atoms with Gasteiger partial charge in [0.1, 0.15) is 0 Å². The second-order valence-electron chi connectivity index (χ2n) is 7.35. The molecule has 146 valence electrons. The number of pyridine rings is 2. The Morgan fingerprint density at radius 3 is 2.86 bits per heavy atom. The number of hydrogen-bond donors (Lipinski definition) is 0. The third kappa shape index (κ3) is 3.47. The first-order chi connectivity index (χ1) is 13.5. The van der Waals surface area contributed by atoms with E-state index in [1.165, 1.54) is 19.0 Å². The summed E-state index contributed by atoms with van der Waals surface area (Å²) in [6.45, 7) is 4.93. The van der Waals surface area contributed by atoms with Gasteiger partial charge in [-0.05, 0) is 50.3 Å². The van der Waals surface area contributed by atoms with Gasteiger partial charge in [-0.25, -0.2) is 14.8 Å². The van der Waals surface area contributed by atoms with Crippen molar-refractivity contribution in [3.05, 3.63) is 52.5 Å². The van der Waals surface area contributed by atoms with Crippen molar-refractivity contribution in [3.63, 3.8) is 0 Å². The van der Waals surface area contributed by atoms with Gasteiger partial charge in [0, 0.05) is 35.6 Å². The lowest BCUT2D eigenvalue weighted by Gasteiger charge is -2.25. The molecule has 3 heterocycles. The molecule has 2 aromatic heterocycles. The number of rotatable bonds is 6. The van der Waals surface area contributed by atoms with E-state index in [0.717, 1.165) is 11.1 Å². The molecule has 1 aliphatic heterocycles. The van der Waals surface area contributed by atoms with Crippen molar-refractivity contribution in [3.8, 4) is 5.88 Å². The van der Waals surface area contributed by atoms with Crippen LogP contribution in [0.15, 0.2) is 24.5 Å². The zero-order chi connectivity index (χ0) is 19.8. The van der Waals surface area contributed by atoms with Crippen molar-refractivity contribution in [2.75, 3.05) is 6.61 Å². The molecular weight excluding hydrogens is 377 g/mol. The normalized spacial score (nSPS) is 16.7. The molecule has 0 saturated heterocycles. The predicted molar refractivity (Wildman–Crippen MR) is 105 cm³/mol. The molecule has 0 aromatic carbocycles. The monoisotopic (exact) mass is 399 g/mol. The summed E-state index contributed by atoms with van der Waals surface area (Å²) in [7, 11) is 1.92. The number of aromatic nitrogens is 2. The van der Waals surface area contributed by atoms with Crippen LogP contribution in [-0.2, 0) is 11.1 Å². The molecule has 2 unspecified atom stereocenters. The second-order valence-corrected chi connectivity index (χ2v) is 7.58. The molecule has 28 heavy (non-hydrogen) atoms. The number of fused-ring (bicyclic) bond motifs is 1. The molecule has 4 rings (SSSR count). The quantitative estimate of drug-likeness (QED) is 0.694. The summed E-state index contributed by atoms with van der Waals surface area (Å²) < 4.78 is 10.5. The molecule has 0 spiro atoms. The molecule has 1 amide bonds. The fourth-order valence-corrected chi connectivity index (χ4v) is 3.53. The van der Waals surface area contributed by atoms with Crippen LogP contribution < -0.4 is 4.74 Å². The van der Waals surface area contributed by atoms with Crippen LogP contribution in [0.1, 0.15) is 63.3 Å². The summed E-state index contributed by atoms with van der Waals surface area (Å²) >= 11 is 0. The Bertz CT molecular complexity index is 945. The lowest BCUT2D eigenvalue weighted by molar-refractivity contribution is 0.0708. The van der Waals surface area contributed by atoms with Crippen LogP contribution in [0.25, 0.3) is 0 Å². The molecule has 2 aliphatic rings. The zero-order valence-corrected chi connectivity index (χ0v) is 17.0. The highest BCUT2D eigenvalue weighted by atomic mass is 31.0. The van der Waals surface area contributed by atoms with E-state index in [-0.39, 0.29) is 17.6 Å². The lowest BCUT2D eigenvalue weighted by atomic mass is 10.1. The number of amides is 1. The molecule has 8 heteroatoms. The molecule has 1 fully saturated rings. The van der Waals surface area contributed by atoms with Crippen molar-refractivity contribution in [2.24, 2.45) is 5.92 Å². The first-order valence-corrected chi connectivity index (χ1v) is 9.76. The van der Waals surface area contributed by atoms with Crippen molar-refractivity contribution < 1.29 is 18.8 Å². The maximum Gasteiger partial charge on any atom is 0.359 e. The number of carbonyl (C=O) groups excluding carboxylic acids is 2. The van der Waals surface area contributed by atoms with Gasteiger partial charge in [-0.3, -0.25) is 4.79 Å². The van der Waals surface area contributed by atoms with Gasteiger partial charge in [0.05, 0.1) is 22.1 Å². The molecule has 0 bridgehead atoms. The van der Waals surface area contributed by atoms with Crippen molar-refractivity contribution >= 4 is 21.3 Å². The molecule has 2 atom stereocenters. The fraction of sp³-hybridized carbons (Fsp3) is 0.400. The zero-order valence-electron chi connectivity index (χ0n) is 15.8. The third-order valence-electron chi connectivity index (χ3n) is 5.33. The Kier molecular flexibility index (Phi) is 5.02.